The third kappa shape index (κ3) is 4.96. The normalized spacial score (nSPS) is 13.1. The van der Waals surface area contributed by atoms with Gasteiger partial charge in [-0.3, -0.25) is 4.79 Å². The van der Waals surface area contributed by atoms with E-state index in [1.807, 2.05) is 0 Å². The molecule has 1 rings (SSSR count). The van der Waals surface area contributed by atoms with Gasteiger partial charge in [-0.25, -0.2) is 0 Å². The Morgan fingerprint density at radius 1 is 1.45 bits per heavy atom. The van der Waals surface area contributed by atoms with Gasteiger partial charge in [0.05, 0.1) is 18.6 Å². The van der Waals surface area contributed by atoms with Gasteiger partial charge in [-0.1, -0.05) is 6.92 Å². The quantitative estimate of drug-likeness (QED) is 0.512. The molecule has 3 nitrogen and oxygen atoms in total. The molecule has 20 heavy (non-hydrogen) atoms. The number of nitrogens with two attached hydrogens (primary N) is 1. The number of carbonyl (C=O) groups is 1. The highest BCUT2D eigenvalue weighted by Crippen LogP contribution is 2.36. The molecule has 1 atom stereocenters. The second kappa shape index (κ2) is 6.88. The predicted molar refractivity (Wildman–Crippen MR) is 72.4 cm³/mol. The summed E-state index contributed by atoms with van der Waals surface area (Å²) in [5, 5.41) is -0.131. The van der Waals surface area contributed by atoms with Crippen molar-refractivity contribution in [3.05, 3.63) is 23.8 Å². The van der Waals surface area contributed by atoms with Gasteiger partial charge in [-0.2, -0.15) is 13.2 Å². The van der Waals surface area contributed by atoms with Gasteiger partial charge in [0.1, 0.15) is 0 Å². The first kappa shape index (κ1) is 16.7. The number of carbonyl (C=O) groups excluding carboxylic acids is 1. The van der Waals surface area contributed by atoms with E-state index < -0.39 is 11.7 Å². The fraction of sp³-hybridized carbons (Fsp3) is 0.462. The van der Waals surface area contributed by atoms with Crippen molar-refractivity contribution in [2.45, 2.75) is 36.6 Å². The standard InChI is InChI=1S/C13H16F3NO2S/c1-3-19-12(18)6-8(2)20-11-5-4-9(7-10(11)17)13(14,15)16/h4-5,7-8H,3,6,17H2,1-2H3. The second-order valence-electron chi connectivity index (χ2n) is 4.19. The van der Waals surface area contributed by atoms with Crippen LogP contribution in [0, 0.1) is 0 Å². The highest BCUT2D eigenvalue weighted by molar-refractivity contribution is 8.00. The first-order chi connectivity index (χ1) is 9.24. The monoisotopic (exact) mass is 307 g/mol. The third-order valence-corrected chi connectivity index (χ3v) is 3.62. The molecule has 0 aromatic heterocycles. The van der Waals surface area contributed by atoms with Crippen LogP contribution in [-0.4, -0.2) is 17.8 Å². The van der Waals surface area contributed by atoms with Crippen LogP contribution in [0.15, 0.2) is 23.1 Å². The van der Waals surface area contributed by atoms with Crippen molar-refractivity contribution in [3.8, 4) is 0 Å². The van der Waals surface area contributed by atoms with Crippen molar-refractivity contribution in [2.75, 3.05) is 12.3 Å². The van der Waals surface area contributed by atoms with Crippen molar-refractivity contribution >= 4 is 23.4 Å². The molecule has 112 valence electrons. The minimum absolute atomic E-state index is 0.0560. The minimum atomic E-state index is -4.41. The lowest BCUT2D eigenvalue weighted by molar-refractivity contribution is -0.143. The minimum Gasteiger partial charge on any atom is -0.466 e. The summed E-state index contributed by atoms with van der Waals surface area (Å²) in [6, 6.07) is 3.21. The van der Waals surface area contributed by atoms with Crippen molar-refractivity contribution in [1.82, 2.24) is 0 Å². The zero-order valence-electron chi connectivity index (χ0n) is 11.2. The molecule has 0 saturated heterocycles. The number of hydrogen-bond donors (Lipinski definition) is 1. The van der Waals surface area contributed by atoms with E-state index in [0.717, 1.165) is 12.1 Å². The average Bonchev–Trinajstić information content (AvgIpc) is 2.30. The van der Waals surface area contributed by atoms with Crippen LogP contribution in [0.4, 0.5) is 18.9 Å². The molecule has 0 aliphatic heterocycles. The first-order valence-electron chi connectivity index (χ1n) is 6.03. The first-order valence-corrected chi connectivity index (χ1v) is 6.91. The summed E-state index contributed by atoms with van der Waals surface area (Å²) < 4.78 is 42.3. The van der Waals surface area contributed by atoms with Gasteiger partial charge in [0.15, 0.2) is 0 Å². The maximum absolute atomic E-state index is 12.5. The lowest BCUT2D eigenvalue weighted by Crippen LogP contribution is -2.11. The van der Waals surface area contributed by atoms with E-state index in [1.165, 1.54) is 17.8 Å². The SMILES string of the molecule is CCOC(=O)CC(C)Sc1ccc(C(F)(F)F)cc1N. The number of thioether (sulfide) groups is 1. The smallest absolute Gasteiger partial charge is 0.416 e. The molecule has 0 heterocycles. The van der Waals surface area contributed by atoms with E-state index in [1.54, 1.807) is 13.8 Å². The molecule has 0 radical (unpaired) electrons. The van der Waals surface area contributed by atoms with Crippen molar-refractivity contribution < 1.29 is 22.7 Å². The molecule has 0 fully saturated rings. The van der Waals surface area contributed by atoms with Gasteiger partial charge in [0, 0.05) is 15.8 Å². The largest absolute Gasteiger partial charge is 0.466 e. The van der Waals surface area contributed by atoms with E-state index >= 15 is 0 Å². The third-order valence-electron chi connectivity index (χ3n) is 2.42. The molecular formula is C13H16F3NO2S. The number of anilines is 1. The van der Waals surface area contributed by atoms with Gasteiger partial charge in [-0.15, -0.1) is 11.8 Å². The van der Waals surface area contributed by atoms with Crippen LogP contribution in [-0.2, 0) is 15.7 Å². The number of nitrogen functional groups attached to an aromatic ring is 1. The highest BCUT2D eigenvalue weighted by Gasteiger charge is 2.30. The molecule has 0 aliphatic carbocycles. The molecule has 0 aliphatic rings. The summed E-state index contributed by atoms with van der Waals surface area (Å²) in [5.74, 6) is -0.335. The maximum Gasteiger partial charge on any atom is 0.416 e. The summed E-state index contributed by atoms with van der Waals surface area (Å²) in [6.07, 6.45) is -4.23. The molecule has 1 aromatic carbocycles. The Morgan fingerprint density at radius 3 is 2.60 bits per heavy atom. The Morgan fingerprint density at radius 2 is 2.10 bits per heavy atom. The molecule has 0 spiro atoms. The van der Waals surface area contributed by atoms with Gasteiger partial charge < -0.3 is 10.5 Å². The summed E-state index contributed by atoms with van der Waals surface area (Å²) in [7, 11) is 0. The number of alkyl halides is 3. The van der Waals surface area contributed by atoms with E-state index in [-0.39, 0.29) is 23.3 Å². The van der Waals surface area contributed by atoms with Crippen molar-refractivity contribution in [3.63, 3.8) is 0 Å². The number of esters is 1. The maximum atomic E-state index is 12.5. The molecular weight excluding hydrogens is 291 g/mol. The Balaban J connectivity index is 2.71. The van der Waals surface area contributed by atoms with Gasteiger partial charge in [-0.05, 0) is 25.1 Å². The number of ether oxygens (including phenoxy) is 1. The Hall–Kier alpha value is -1.37. The van der Waals surface area contributed by atoms with E-state index in [9.17, 15) is 18.0 Å². The Labute approximate surface area is 119 Å². The van der Waals surface area contributed by atoms with Crippen LogP contribution in [0.2, 0.25) is 0 Å². The molecule has 0 bridgehead atoms. The van der Waals surface area contributed by atoms with Crippen LogP contribution in [0.3, 0.4) is 0 Å². The van der Waals surface area contributed by atoms with Crippen LogP contribution in [0.5, 0.6) is 0 Å². The number of hydrogen-bond acceptors (Lipinski definition) is 4. The van der Waals surface area contributed by atoms with Crippen molar-refractivity contribution in [2.24, 2.45) is 0 Å². The van der Waals surface area contributed by atoms with Crippen LogP contribution in [0.1, 0.15) is 25.8 Å². The van der Waals surface area contributed by atoms with Gasteiger partial charge in [0.25, 0.3) is 0 Å². The summed E-state index contributed by atoms with van der Waals surface area (Å²) in [6.45, 7) is 3.81. The van der Waals surface area contributed by atoms with Gasteiger partial charge in [0.2, 0.25) is 0 Å². The zero-order valence-corrected chi connectivity index (χ0v) is 12.0. The number of halogens is 3. The topological polar surface area (TPSA) is 52.3 Å². The van der Waals surface area contributed by atoms with Crippen LogP contribution >= 0.6 is 11.8 Å². The number of benzene rings is 1. The number of rotatable bonds is 5. The Bertz CT molecular complexity index is 477. The van der Waals surface area contributed by atoms with Crippen molar-refractivity contribution in [1.29, 1.82) is 0 Å². The van der Waals surface area contributed by atoms with Crippen LogP contribution in [0.25, 0.3) is 0 Å². The Kier molecular flexibility index (Phi) is 5.74. The molecule has 0 saturated carbocycles. The summed E-state index contributed by atoms with van der Waals surface area (Å²) in [4.78, 5) is 11.8. The van der Waals surface area contributed by atoms with E-state index in [4.69, 9.17) is 10.5 Å². The summed E-state index contributed by atoms with van der Waals surface area (Å²) >= 11 is 1.25. The van der Waals surface area contributed by atoms with E-state index in [0.29, 0.717) is 11.5 Å². The molecule has 7 heteroatoms. The lowest BCUT2D eigenvalue weighted by atomic mass is 10.2. The zero-order chi connectivity index (χ0) is 15.3. The molecule has 1 aromatic rings. The summed E-state index contributed by atoms with van der Waals surface area (Å²) in [5.41, 5.74) is 4.89. The fourth-order valence-electron chi connectivity index (χ4n) is 1.55. The average molecular weight is 307 g/mol. The fourth-order valence-corrected chi connectivity index (χ4v) is 2.54. The van der Waals surface area contributed by atoms with Crippen LogP contribution < -0.4 is 5.73 Å². The molecule has 2 N–H and O–H groups in total. The van der Waals surface area contributed by atoms with Gasteiger partial charge >= 0.3 is 12.1 Å². The molecule has 1 unspecified atom stereocenters. The highest BCUT2D eigenvalue weighted by atomic mass is 32.2. The lowest BCUT2D eigenvalue weighted by Gasteiger charge is -2.14. The second-order valence-corrected chi connectivity index (χ2v) is 5.67. The molecule has 0 amide bonds. The predicted octanol–water partition coefficient (Wildman–Crippen LogP) is 3.72. The van der Waals surface area contributed by atoms with E-state index in [2.05, 4.69) is 0 Å².